The van der Waals surface area contributed by atoms with Gasteiger partial charge < -0.3 is 9.32 Å². The molecule has 6 rings (SSSR count). The number of carbonyl (C=O) groups is 1. The van der Waals surface area contributed by atoms with Crippen molar-refractivity contribution < 1.29 is 9.21 Å². The van der Waals surface area contributed by atoms with Crippen molar-refractivity contribution in [2.75, 3.05) is 13.1 Å². The molecule has 3 aromatic heterocycles. The van der Waals surface area contributed by atoms with Gasteiger partial charge in [-0.2, -0.15) is 0 Å². The highest BCUT2D eigenvalue weighted by atomic mass is 35.5. The summed E-state index contributed by atoms with van der Waals surface area (Å²) in [5, 5.41) is 0.697. The number of oxazole rings is 1. The summed E-state index contributed by atoms with van der Waals surface area (Å²) in [6, 6.07) is 10.0. The molecule has 2 fully saturated rings. The van der Waals surface area contributed by atoms with Crippen LogP contribution in [0.25, 0.3) is 17.0 Å². The van der Waals surface area contributed by atoms with E-state index in [9.17, 15) is 4.79 Å². The lowest BCUT2D eigenvalue weighted by molar-refractivity contribution is 0.0396. The number of nitrogens with zero attached hydrogens (tertiary/aromatic N) is 6. The smallest absolute Gasteiger partial charge is 0.276 e. The number of benzene rings is 1. The second-order valence-electron chi connectivity index (χ2n) is 8.97. The van der Waals surface area contributed by atoms with Crippen LogP contribution in [-0.4, -0.2) is 60.2 Å². The Kier molecular flexibility index (Phi) is 5.34. The molecule has 1 amide bonds. The maximum atomic E-state index is 13.3. The number of likely N-dealkylation sites (tertiary alicyclic amines) is 1. The molecule has 2 saturated heterocycles. The van der Waals surface area contributed by atoms with Gasteiger partial charge in [0.15, 0.2) is 12.1 Å². The molecular formula is C25H25ClN6O2. The number of aryl methyl sites for hydroxylation is 1. The number of rotatable bonds is 5. The van der Waals surface area contributed by atoms with Crippen molar-refractivity contribution >= 4 is 23.3 Å². The van der Waals surface area contributed by atoms with Crippen LogP contribution in [0.4, 0.5) is 0 Å². The Morgan fingerprint density at radius 1 is 1.15 bits per heavy atom. The summed E-state index contributed by atoms with van der Waals surface area (Å²) in [6.45, 7) is 4.33. The minimum Gasteiger partial charge on any atom is -0.448 e. The molecule has 0 spiro atoms. The maximum Gasteiger partial charge on any atom is 0.276 e. The minimum absolute atomic E-state index is 0.00129. The Hall–Kier alpha value is -3.23. The van der Waals surface area contributed by atoms with Gasteiger partial charge >= 0.3 is 0 Å². The molecule has 0 aliphatic carbocycles. The number of fused-ring (bicyclic) bond motifs is 3. The number of amides is 1. The zero-order chi connectivity index (χ0) is 23.2. The molecule has 8 nitrogen and oxygen atoms in total. The molecule has 2 bridgehead atoms. The predicted octanol–water partition coefficient (Wildman–Crippen LogP) is 4.09. The van der Waals surface area contributed by atoms with Crippen LogP contribution in [0.15, 0.2) is 53.5 Å². The van der Waals surface area contributed by atoms with E-state index in [0.717, 1.165) is 49.4 Å². The van der Waals surface area contributed by atoms with Gasteiger partial charge in [-0.15, -0.1) is 0 Å². The van der Waals surface area contributed by atoms with E-state index in [1.54, 1.807) is 6.20 Å². The first kappa shape index (κ1) is 21.3. The van der Waals surface area contributed by atoms with Gasteiger partial charge in [0.05, 0.1) is 11.4 Å². The molecule has 174 valence electrons. The zero-order valence-corrected chi connectivity index (χ0v) is 19.6. The van der Waals surface area contributed by atoms with Crippen molar-refractivity contribution in [1.82, 2.24) is 29.2 Å². The third-order valence-electron chi connectivity index (χ3n) is 6.95. The number of carbonyl (C=O) groups excluding carboxylic acids is 1. The fourth-order valence-electron chi connectivity index (χ4n) is 5.41. The van der Waals surface area contributed by atoms with Gasteiger partial charge in [-0.3, -0.25) is 14.1 Å². The van der Waals surface area contributed by atoms with E-state index in [1.165, 1.54) is 6.39 Å². The first-order valence-electron chi connectivity index (χ1n) is 11.7. The monoisotopic (exact) mass is 476 g/mol. The average molecular weight is 477 g/mol. The van der Waals surface area contributed by atoms with Gasteiger partial charge in [-0.05, 0) is 31.0 Å². The molecule has 5 heterocycles. The predicted molar refractivity (Wildman–Crippen MR) is 128 cm³/mol. The molecule has 0 N–H and O–H groups in total. The summed E-state index contributed by atoms with van der Waals surface area (Å²) in [5.74, 6) is 1.34. The normalized spacial score (nSPS) is 20.4. The van der Waals surface area contributed by atoms with Crippen LogP contribution in [-0.2, 0) is 13.0 Å². The molecule has 2 aliphatic heterocycles. The maximum absolute atomic E-state index is 13.3. The van der Waals surface area contributed by atoms with Crippen molar-refractivity contribution in [2.45, 2.75) is 44.8 Å². The summed E-state index contributed by atoms with van der Waals surface area (Å²) in [4.78, 5) is 31.3. The van der Waals surface area contributed by atoms with E-state index in [4.69, 9.17) is 21.0 Å². The molecule has 2 unspecified atom stereocenters. The molecule has 4 aromatic rings. The Bertz CT molecular complexity index is 1330. The van der Waals surface area contributed by atoms with Crippen molar-refractivity contribution in [1.29, 1.82) is 0 Å². The molecule has 9 heteroatoms. The number of halogens is 1. The number of hydrogen-bond donors (Lipinski definition) is 0. The van der Waals surface area contributed by atoms with E-state index in [-0.39, 0.29) is 18.0 Å². The van der Waals surface area contributed by atoms with Crippen molar-refractivity contribution in [2.24, 2.45) is 0 Å². The fourth-order valence-corrected chi connectivity index (χ4v) is 5.53. The summed E-state index contributed by atoms with van der Waals surface area (Å²) < 4.78 is 7.48. The van der Waals surface area contributed by atoms with E-state index in [0.29, 0.717) is 28.7 Å². The van der Waals surface area contributed by atoms with Gasteiger partial charge in [0, 0.05) is 61.1 Å². The highest BCUT2D eigenvalue weighted by Crippen LogP contribution is 2.34. The van der Waals surface area contributed by atoms with E-state index in [1.807, 2.05) is 48.4 Å². The summed E-state index contributed by atoms with van der Waals surface area (Å²) in [6.07, 6.45) is 7.82. The topological polar surface area (TPSA) is 79.8 Å². The Morgan fingerprint density at radius 2 is 1.91 bits per heavy atom. The molecular weight excluding hydrogens is 452 g/mol. The second-order valence-corrected chi connectivity index (χ2v) is 9.41. The highest BCUT2D eigenvalue weighted by molar-refractivity contribution is 6.30. The highest BCUT2D eigenvalue weighted by Gasteiger charge is 2.44. The number of aromatic nitrogens is 4. The van der Waals surface area contributed by atoms with Crippen LogP contribution in [0, 0.1) is 0 Å². The lowest BCUT2D eigenvalue weighted by Crippen LogP contribution is -2.55. The number of imidazole rings is 1. The third kappa shape index (κ3) is 3.58. The van der Waals surface area contributed by atoms with Gasteiger partial charge in [0.2, 0.25) is 5.78 Å². The van der Waals surface area contributed by atoms with E-state index >= 15 is 0 Å². The summed E-state index contributed by atoms with van der Waals surface area (Å²) in [5.41, 5.74) is 3.48. The molecule has 1 aromatic carbocycles. The van der Waals surface area contributed by atoms with Crippen molar-refractivity contribution in [3.05, 3.63) is 71.3 Å². The van der Waals surface area contributed by atoms with Gasteiger partial charge in [-0.25, -0.2) is 15.0 Å². The molecule has 2 atom stereocenters. The Labute approximate surface area is 202 Å². The SMILES string of the molecule is CCc1ocnc1C(=O)N1C2CCC1CN(Cc1c(-c3ccc(Cl)cc3)nc3ncccn13)C2. The van der Waals surface area contributed by atoms with Crippen molar-refractivity contribution in [3.63, 3.8) is 0 Å². The van der Waals surface area contributed by atoms with Crippen LogP contribution in [0.3, 0.4) is 0 Å². The fraction of sp³-hybridized carbons (Fsp3) is 0.360. The first-order valence-corrected chi connectivity index (χ1v) is 12.1. The van der Waals surface area contributed by atoms with Crippen LogP contribution >= 0.6 is 11.6 Å². The molecule has 34 heavy (non-hydrogen) atoms. The quantitative estimate of drug-likeness (QED) is 0.431. The molecule has 0 saturated carbocycles. The first-order chi connectivity index (χ1) is 16.6. The van der Waals surface area contributed by atoms with Crippen LogP contribution < -0.4 is 0 Å². The summed E-state index contributed by atoms with van der Waals surface area (Å²) in [7, 11) is 0. The standard InChI is InChI=1S/C25H25ClN6O2/c1-2-21-23(28-15-34-21)24(33)32-18-8-9-19(32)13-30(12-18)14-20-22(16-4-6-17(26)7-5-16)29-25-27-10-3-11-31(20)25/h3-7,10-11,15,18-19H,2,8-9,12-14H2,1H3. The lowest BCUT2D eigenvalue weighted by Gasteiger charge is -2.40. The van der Waals surface area contributed by atoms with Gasteiger partial charge in [0.1, 0.15) is 5.76 Å². The second kappa shape index (κ2) is 8.52. The molecule has 2 aliphatic rings. The summed E-state index contributed by atoms with van der Waals surface area (Å²) >= 11 is 6.12. The van der Waals surface area contributed by atoms with Crippen molar-refractivity contribution in [3.8, 4) is 11.3 Å². The largest absolute Gasteiger partial charge is 0.448 e. The number of piperazine rings is 1. The van der Waals surface area contributed by atoms with Crippen LogP contribution in [0.5, 0.6) is 0 Å². The third-order valence-corrected chi connectivity index (χ3v) is 7.20. The molecule has 0 radical (unpaired) electrons. The lowest BCUT2D eigenvalue weighted by atomic mass is 10.1. The van der Waals surface area contributed by atoms with Crippen LogP contribution in [0.1, 0.15) is 41.7 Å². The van der Waals surface area contributed by atoms with E-state index in [2.05, 4.69) is 19.3 Å². The Balaban J connectivity index is 1.28. The van der Waals surface area contributed by atoms with Gasteiger partial charge in [-0.1, -0.05) is 30.7 Å². The average Bonchev–Trinajstić information content (AvgIpc) is 3.54. The van der Waals surface area contributed by atoms with E-state index < -0.39 is 0 Å². The van der Waals surface area contributed by atoms with Gasteiger partial charge in [0.25, 0.3) is 5.91 Å². The Morgan fingerprint density at radius 3 is 2.65 bits per heavy atom. The zero-order valence-electron chi connectivity index (χ0n) is 18.9. The van der Waals surface area contributed by atoms with Crippen LogP contribution in [0.2, 0.25) is 5.02 Å². The number of hydrogen-bond acceptors (Lipinski definition) is 6. The minimum atomic E-state index is -0.00129.